The number of aromatic nitrogens is 3. The van der Waals surface area contributed by atoms with Crippen molar-refractivity contribution in [2.24, 2.45) is 0 Å². The highest BCUT2D eigenvalue weighted by Gasteiger charge is 2.30. The zero-order chi connectivity index (χ0) is 19.6. The predicted octanol–water partition coefficient (Wildman–Crippen LogP) is 0.0278. The lowest BCUT2D eigenvalue weighted by Gasteiger charge is -2.33. The number of benzene rings is 1. The Balaban J connectivity index is 1.60. The van der Waals surface area contributed by atoms with Crippen LogP contribution in [0, 0.1) is 17.0 Å². The highest BCUT2D eigenvalue weighted by Crippen LogP contribution is 2.18. The second-order valence-electron chi connectivity index (χ2n) is 6.10. The number of carbonyl (C=O) groups is 1. The van der Waals surface area contributed by atoms with Crippen molar-refractivity contribution in [3.63, 3.8) is 0 Å². The Kier molecular flexibility index (Phi) is 5.19. The van der Waals surface area contributed by atoms with E-state index in [4.69, 9.17) is 0 Å². The van der Waals surface area contributed by atoms with E-state index in [2.05, 4.69) is 10.1 Å². The van der Waals surface area contributed by atoms with E-state index < -0.39 is 20.9 Å². The molecule has 0 radical (unpaired) electrons. The minimum absolute atomic E-state index is 0.180. The molecule has 27 heavy (non-hydrogen) atoms. The predicted molar refractivity (Wildman–Crippen MR) is 93.2 cm³/mol. The lowest BCUT2D eigenvalue weighted by molar-refractivity contribution is -0.394. The monoisotopic (exact) mass is 394 g/mol. The molecule has 3 rings (SSSR count). The first-order valence-electron chi connectivity index (χ1n) is 8.16. The van der Waals surface area contributed by atoms with Gasteiger partial charge < -0.3 is 15.0 Å². The van der Waals surface area contributed by atoms with Crippen LogP contribution < -0.4 is 0 Å². The van der Waals surface area contributed by atoms with Crippen LogP contribution in [-0.2, 0) is 21.4 Å². The van der Waals surface area contributed by atoms with Crippen molar-refractivity contribution in [3.8, 4) is 0 Å². The average Bonchev–Trinajstić information content (AvgIpc) is 3.11. The maximum atomic E-state index is 12.7. The van der Waals surface area contributed by atoms with E-state index in [-0.39, 0.29) is 43.5 Å². The third kappa shape index (κ3) is 4.11. The lowest BCUT2D eigenvalue weighted by atomic mass is 10.2. The van der Waals surface area contributed by atoms with Gasteiger partial charge >= 0.3 is 5.95 Å². The number of nitro groups is 1. The second kappa shape index (κ2) is 7.40. The number of nitrogens with zero attached hydrogens (tertiary/aromatic N) is 6. The first-order chi connectivity index (χ1) is 12.8. The van der Waals surface area contributed by atoms with Crippen LogP contribution in [0.2, 0.25) is 0 Å². The molecular formula is C15H18N6O5S. The molecule has 1 aromatic heterocycles. The minimum atomic E-state index is -3.60. The van der Waals surface area contributed by atoms with Crippen LogP contribution in [-0.4, -0.2) is 69.4 Å². The fourth-order valence-corrected chi connectivity index (χ4v) is 4.14. The normalized spacial score (nSPS) is 15.7. The second-order valence-corrected chi connectivity index (χ2v) is 8.04. The van der Waals surface area contributed by atoms with Crippen LogP contribution in [0.3, 0.4) is 0 Å². The van der Waals surface area contributed by atoms with Crippen LogP contribution in [0.5, 0.6) is 0 Å². The molecule has 0 spiro atoms. The molecule has 0 bridgehead atoms. The topological polar surface area (TPSA) is 132 Å². The Morgan fingerprint density at radius 1 is 1.19 bits per heavy atom. The number of sulfonamides is 1. The van der Waals surface area contributed by atoms with Gasteiger partial charge in [-0.15, -0.1) is 0 Å². The van der Waals surface area contributed by atoms with Crippen LogP contribution in [0.1, 0.15) is 5.56 Å². The van der Waals surface area contributed by atoms with E-state index in [1.165, 1.54) is 9.21 Å². The minimum Gasteiger partial charge on any atom is -0.390 e. The van der Waals surface area contributed by atoms with Crippen molar-refractivity contribution in [3.05, 3.63) is 46.3 Å². The first-order valence-corrected chi connectivity index (χ1v) is 9.60. The van der Waals surface area contributed by atoms with Gasteiger partial charge in [0, 0.05) is 31.3 Å². The molecule has 0 N–H and O–H groups in total. The van der Waals surface area contributed by atoms with E-state index in [1.807, 2.05) is 6.92 Å². The van der Waals surface area contributed by atoms with Crippen molar-refractivity contribution < 1.29 is 18.1 Å². The molecule has 2 aromatic rings. The molecule has 12 heteroatoms. The molecule has 144 valence electrons. The summed E-state index contributed by atoms with van der Waals surface area (Å²) in [6, 6.07) is 6.62. The van der Waals surface area contributed by atoms with Crippen LogP contribution in [0.15, 0.2) is 35.5 Å². The Hall–Kier alpha value is -2.86. The number of aryl methyl sites for hydroxylation is 1. The largest absolute Gasteiger partial charge is 0.490 e. The Bertz CT molecular complexity index is 947. The van der Waals surface area contributed by atoms with Gasteiger partial charge in [-0.05, 0) is 24.0 Å². The summed E-state index contributed by atoms with van der Waals surface area (Å²) in [5.41, 5.74) is 0.970. The molecular weight excluding hydrogens is 376 g/mol. The Labute approximate surface area is 155 Å². The molecule has 0 saturated carbocycles. The smallest absolute Gasteiger partial charge is 0.390 e. The SMILES string of the molecule is Cc1ccc(S(=O)(=O)N2CCN(C(=O)Cn3cnc([N+](=O)[O-])n3)CC2)cc1. The molecule has 1 aliphatic rings. The van der Waals surface area contributed by atoms with Gasteiger partial charge in [-0.3, -0.25) is 4.79 Å². The van der Waals surface area contributed by atoms with Gasteiger partial charge in [-0.2, -0.15) is 8.99 Å². The summed E-state index contributed by atoms with van der Waals surface area (Å²) in [7, 11) is -3.60. The number of carbonyl (C=O) groups excluding carboxylic acids is 1. The summed E-state index contributed by atoms with van der Waals surface area (Å²) in [6.45, 7) is 2.52. The number of rotatable bonds is 5. The zero-order valence-electron chi connectivity index (χ0n) is 14.6. The Morgan fingerprint density at radius 3 is 2.37 bits per heavy atom. The summed E-state index contributed by atoms with van der Waals surface area (Å²) < 4.78 is 27.8. The van der Waals surface area contributed by atoms with Crippen molar-refractivity contribution in [2.45, 2.75) is 18.4 Å². The summed E-state index contributed by atoms with van der Waals surface area (Å²) in [6.07, 6.45) is 1.12. The first kappa shape index (κ1) is 18.9. The quantitative estimate of drug-likeness (QED) is 0.516. The van der Waals surface area contributed by atoms with Crippen molar-refractivity contribution in [1.29, 1.82) is 0 Å². The number of piperazine rings is 1. The van der Waals surface area contributed by atoms with Crippen LogP contribution >= 0.6 is 0 Å². The van der Waals surface area contributed by atoms with E-state index in [1.54, 1.807) is 24.3 Å². The number of hydrogen-bond donors (Lipinski definition) is 0. The molecule has 1 saturated heterocycles. The van der Waals surface area contributed by atoms with Crippen molar-refractivity contribution in [2.75, 3.05) is 26.2 Å². The van der Waals surface area contributed by atoms with Gasteiger partial charge in [0.05, 0.1) is 4.90 Å². The highest BCUT2D eigenvalue weighted by atomic mass is 32.2. The summed E-state index contributed by atoms with van der Waals surface area (Å²) in [5.74, 6) is -0.876. The molecule has 2 heterocycles. The summed E-state index contributed by atoms with van der Waals surface area (Å²) >= 11 is 0. The van der Waals surface area contributed by atoms with Gasteiger partial charge in [0.15, 0.2) is 0 Å². The van der Waals surface area contributed by atoms with E-state index in [0.29, 0.717) is 0 Å². The standard InChI is InChI=1S/C15H18N6O5S/c1-12-2-4-13(5-3-12)27(25,26)20-8-6-18(7-9-20)14(22)10-19-11-16-15(17-19)21(23)24/h2-5,11H,6-10H2,1H3. The summed E-state index contributed by atoms with van der Waals surface area (Å²) in [4.78, 5) is 27.4. The van der Waals surface area contributed by atoms with Gasteiger partial charge in [-0.25, -0.2) is 8.42 Å². The molecule has 1 aromatic carbocycles. The number of amides is 1. The summed E-state index contributed by atoms with van der Waals surface area (Å²) in [5, 5.41) is 14.2. The van der Waals surface area contributed by atoms with Gasteiger partial charge in [0.25, 0.3) is 0 Å². The van der Waals surface area contributed by atoms with Crippen molar-refractivity contribution >= 4 is 21.9 Å². The average molecular weight is 394 g/mol. The molecule has 1 aliphatic heterocycles. The fourth-order valence-electron chi connectivity index (χ4n) is 2.72. The third-order valence-electron chi connectivity index (χ3n) is 4.24. The van der Waals surface area contributed by atoms with E-state index in [0.717, 1.165) is 16.6 Å². The lowest BCUT2D eigenvalue weighted by Crippen LogP contribution is -2.51. The van der Waals surface area contributed by atoms with Crippen LogP contribution in [0.25, 0.3) is 0 Å². The highest BCUT2D eigenvalue weighted by molar-refractivity contribution is 7.89. The van der Waals surface area contributed by atoms with Crippen LogP contribution in [0.4, 0.5) is 5.95 Å². The maximum Gasteiger partial charge on any atom is 0.490 e. The third-order valence-corrected chi connectivity index (χ3v) is 6.15. The molecule has 11 nitrogen and oxygen atoms in total. The molecule has 0 unspecified atom stereocenters. The molecule has 0 atom stereocenters. The Morgan fingerprint density at radius 2 is 1.81 bits per heavy atom. The molecule has 0 aliphatic carbocycles. The fraction of sp³-hybridized carbons (Fsp3) is 0.400. The zero-order valence-corrected chi connectivity index (χ0v) is 15.4. The van der Waals surface area contributed by atoms with Gasteiger partial charge in [0.1, 0.15) is 6.54 Å². The van der Waals surface area contributed by atoms with E-state index in [9.17, 15) is 23.3 Å². The number of hydrogen-bond acceptors (Lipinski definition) is 7. The molecule has 1 amide bonds. The van der Waals surface area contributed by atoms with Crippen molar-refractivity contribution in [1.82, 2.24) is 24.0 Å². The van der Waals surface area contributed by atoms with Gasteiger partial charge in [-0.1, -0.05) is 22.7 Å². The molecule has 1 fully saturated rings. The van der Waals surface area contributed by atoms with E-state index >= 15 is 0 Å². The maximum absolute atomic E-state index is 12.7. The van der Waals surface area contributed by atoms with Gasteiger partial charge in [0.2, 0.25) is 22.3 Å².